The zero-order chi connectivity index (χ0) is 22.4. The maximum Gasteiger partial charge on any atom is 0.307 e. The van der Waals surface area contributed by atoms with Gasteiger partial charge in [-0.1, -0.05) is 33.6 Å². The lowest BCUT2D eigenvalue weighted by atomic mass is 9.82. The molecule has 0 aromatic carbocycles. The summed E-state index contributed by atoms with van der Waals surface area (Å²) in [5, 5.41) is 9.54. The summed E-state index contributed by atoms with van der Waals surface area (Å²) in [6, 6.07) is 3.89. The van der Waals surface area contributed by atoms with Crippen molar-refractivity contribution < 1.29 is 14.6 Å². The maximum atomic E-state index is 11.6. The summed E-state index contributed by atoms with van der Waals surface area (Å²) in [4.78, 5) is 23.0. The van der Waals surface area contributed by atoms with E-state index in [-0.39, 0.29) is 6.42 Å². The molecule has 3 rings (SSSR count). The molecule has 31 heavy (non-hydrogen) atoms. The zero-order valence-corrected chi connectivity index (χ0v) is 19.3. The second-order valence-corrected chi connectivity index (χ2v) is 9.25. The summed E-state index contributed by atoms with van der Waals surface area (Å²) >= 11 is 0. The van der Waals surface area contributed by atoms with Crippen LogP contribution >= 0.6 is 0 Å². The van der Waals surface area contributed by atoms with Gasteiger partial charge in [0.25, 0.3) is 0 Å². The van der Waals surface area contributed by atoms with Crippen LogP contribution in [0.3, 0.4) is 0 Å². The number of carboxylic acid groups (broad SMARTS) is 1. The lowest BCUT2D eigenvalue weighted by Gasteiger charge is -2.40. The highest BCUT2D eigenvalue weighted by molar-refractivity contribution is 5.84. The molecule has 0 radical (unpaired) electrons. The van der Waals surface area contributed by atoms with Gasteiger partial charge in [0.15, 0.2) is 0 Å². The molecule has 0 bridgehead atoms. The van der Waals surface area contributed by atoms with Gasteiger partial charge in [-0.3, -0.25) is 9.78 Å². The van der Waals surface area contributed by atoms with Gasteiger partial charge in [-0.25, -0.2) is 4.98 Å². The number of aromatic nitrogens is 2. The molecule has 6 nitrogen and oxygen atoms in total. The molecule has 0 amide bonds. The first-order valence-electron chi connectivity index (χ1n) is 11.3. The summed E-state index contributed by atoms with van der Waals surface area (Å²) < 4.78 is 5.75. The molecule has 2 aromatic rings. The molecule has 168 valence electrons. The lowest BCUT2D eigenvalue weighted by Crippen LogP contribution is -2.38. The van der Waals surface area contributed by atoms with Crippen LogP contribution < -0.4 is 9.64 Å². The molecule has 0 aliphatic carbocycles. The smallest absolute Gasteiger partial charge is 0.307 e. The van der Waals surface area contributed by atoms with Crippen molar-refractivity contribution in [3.63, 3.8) is 0 Å². The van der Waals surface area contributed by atoms with Crippen LogP contribution in [-0.4, -0.2) is 40.7 Å². The minimum Gasteiger partial charge on any atom is -0.481 e. The van der Waals surface area contributed by atoms with Crippen molar-refractivity contribution in [2.24, 2.45) is 5.41 Å². The largest absolute Gasteiger partial charge is 0.481 e. The Morgan fingerprint density at radius 3 is 2.52 bits per heavy atom. The van der Waals surface area contributed by atoms with E-state index < -0.39 is 5.97 Å². The second kappa shape index (κ2) is 10.1. The molecule has 1 aliphatic rings. The molecule has 2 aromatic heterocycles. The highest BCUT2D eigenvalue weighted by Crippen LogP contribution is 2.39. The summed E-state index contributed by atoms with van der Waals surface area (Å²) in [7, 11) is 0. The predicted molar refractivity (Wildman–Crippen MR) is 124 cm³/mol. The number of carbonyl (C=O) groups is 1. The number of piperidine rings is 1. The number of nitrogens with zero attached hydrogens (tertiary/aromatic N) is 3. The summed E-state index contributed by atoms with van der Waals surface area (Å²) in [6.45, 7) is 11.1. The van der Waals surface area contributed by atoms with Gasteiger partial charge in [0.1, 0.15) is 0 Å². The van der Waals surface area contributed by atoms with Gasteiger partial charge in [0.2, 0.25) is 5.88 Å². The molecule has 0 spiro atoms. The molecular formula is C25H35N3O3. The fourth-order valence-electron chi connectivity index (χ4n) is 4.06. The fourth-order valence-corrected chi connectivity index (χ4v) is 4.06. The quantitative estimate of drug-likeness (QED) is 0.551. The van der Waals surface area contributed by atoms with Crippen LogP contribution in [0.4, 0.5) is 5.69 Å². The van der Waals surface area contributed by atoms with Crippen LogP contribution in [0.15, 0.2) is 24.5 Å². The monoisotopic (exact) mass is 425 g/mol. The van der Waals surface area contributed by atoms with Crippen molar-refractivity contribution in [3.05, 3.63) is 35.8 Å². The molecule has 0 unspecified atom stereocenters. The minimum absolute atomic E-state index is 0.0338. The number of unbranched alkanes of at least 4 members (excludes halogenated alkanes) is 2. The van der Waals surface area contributed by atoms with Gasteiger partial charge < -0.3 is 14.7 Å². The number of anilines is 1. The third-order valence-electron chi connectivity index (χ3n) is 6.17. The first-order chi connectivity index (χ1) is 14.8. The first kappa shape index (κ1) is 23.0. The molecule has 1 saturated heterocycles. The maximum absolute atomic E-state index is 11.6. The van der Waals surface area contributed by atoms with E-state index in [0.29, 0.717) is 17.9 Å². The molecular weight excluding hydrogens is 390 g/mol. The number of aryl methyl sites for hydroxylation is 1. The Morgan fingerprint density at radius 1 is 1.16 bits per heavy atom. The summed E-state index contributed by atoms with van der Waals surface area (Å²) in [5.74, 6) is -0.221. The van der Waals surface area contributed by atoms with E-state index in [0.717, 1.165) is 73.3 Å². The van der Waals surface area contributed by atoms with Crippen LogP contribution in [0, 0.1) is 12.3 Å². The molecule has 0 atom stereocenters. The topological polar surface area (TPSA) is 75.6 Å². The van der Waals surface area contributed by atoms with Crippen LogP contribution in [0.1, 0.15) is 64.1 Å². The van der Waals surface area contributed by atoms with Gasteiger partial charge in [-0.15, -0.1) is 0 Å². The van der Waals surface area contributed by atoms with Crippen LogP contribution in [-0.2, 0) is 11.2 Å². The van der Waals surface area contributed by atoms with Gasteiger partial charge in [0, 0.05) is 53.9 Å². The predicted octanol–water partition coefficient (Wildman–Crippen LogP) is 5.27. The SMILES string of the molecule is CCCCCOc1ccc(-c2cnc(C)c(CC(=O)O)c2N2CCC(C)(C)CC2)cn1. The first-order valence-corrected chi connectivity index (χ1v) is 11.3. The summed E-state index contributed by atoms with van der Waals surface area (Å²) in [6.07, 6.45) is 9.11. The van der Waals surface area contributed by atoms with E-state index in [9.17, 15) is 9.90 Å². The third kappa shape index (κ3) is 5.96. The Bertz CT molecular complexity index is 884. The average molecular weight is 426 g/mol. The van der Waals surface area contributed by atoms with E-state index in [1.165, 1.54) is 0 Å². The van der Waals surface area contributed by atoms with Crippen molar-refractivity contribution in [3.8, 4) is 17.0 Å². The van der Waals surface area contributed by atoms with Gasteiger partial charge in [-0.05, 0) is 37.7 Å². The normalized spacial score (nSPS) is 15.7. The number of ether oxygens (including phenoxy) is 1. The number of hydrogen-bond acceptors (Lipinski definition) is 5. The number of pyridine rings is 2. The Labute approximate surface area is 185 Å². The third-order valence-corrected chi connectivity index (χ3v) is 6.17. The van der Waals surface area contributed by atoms with Gasteiger partial charge in [0.05, 0.1) is 18.7 Å². The zero-order valence-electron chi connectivity index (χ0n) is 19.3. The van der Waals surface area contributed by atoms with Crippen molar-refractivity contribution >= 4 is 11.7 Å². The van der Waals surface area contributed by atoms with Crippen molar-refractivity contribution in [1.29, 1.82) is 0 Å². The lowest BCUT2D eigenvalue weighted by molar-refractivity contribution is -0.136. The number of hydrogen-bond donors (Lipinski definition) is 1. The molecule has 3 heterocycles. The van der Waals surface area contributed by atoms with E-state index in [2.05, 4.69) is 35.6 Å². The van der Waals surface area contributed by atoms with Crippen molar-refractivity contribution in [2.75, 3.05) is 24.6 Å². The molecule has 0 saturated carbocycles. The molecule has 1 aliphatic heterocycles. The molecule has 1 N–H and O–H groups in total. The van der Waals surface area contributed by atoms with Crippen molar-refractivity contribution in [2.45, 2.75) is 66.2 Å². The Morgan fingerprint density at radius 2 is 1.90 bits per heavy atom. The fraction of sp³-hybridized carbons (Fsp3) is 0.560. The Kier molecular flexibility index (Phi) is 7.52. The molecule has 6 heteroatoms. The van der Waals surface area contributed by atoms with Crippen LogP contribution in [0.25, 0.3) is 11.1 Å². The van der Waals surface area contributed by atoms with E-state index in [1.807, 2.05) is 31.5 Å². The van der Waals surface area contributed by atoms with Gasteiger partial charge >= 0.3 is 5.97 Å². The highest BCUT2D eigenvalue weighted by Gasteiger charge is 2.29. The number of rotatable bonds is 9. The van der Waals surface area contributed by atoms with E-state index >= 15 is 0 Å². The van der Waals surface area contributed by atoms with E-state index in [4.69, 9.17) is 4.74 Å². The Hall–Kier alpha value is -2.63. The highest BCUT2D eigenvalue weighted by atomic mass is 16.5. The van der Waals surface area contributed by atoms with Gasteiger partial charge in [-0.2, -0.15) is 0 Å². The van der Waals surface area contributed by atoms with Crippen LogP contribution in [0.2, 0.25) is 0 Å². The summed E-state index contributed by atoms with van der Waals surface area (Å²) in [5.41, 5.74) is 4.74. The number of carboxylic acids is 1. The standard InChI is InChI=1S/C25H35N3O3/c1-5-6-7-14-31-22-9-8-19(16-27-22)21-17-26-18(2)20(15-23(29)30)24(21)28-12-10-25(3,4)11-13-28/h8-9,16-17H,5-7,10-15H2,1-4H3,(H,29,30). The number of aliphatic carboxylic acids is 1. The Balaban J connectivity index is 1.93. The minimum atomic E-state index is -0.838. The molecule has 1 fully saturated rings. The average Bonchev–Trinajstić information content (AvgIpc) is 2.73. The van der Waals surface area contributed by atoms with Crippen molar-refractivity contribution in [1.82, 2.24) is 9.97 Å². The van der Waals surface area contributed by atoms with E-state index in [1.54, 1.807) is 0 Å². The second-order valence-electron chi connectivity index (χ2n) is 9.25. The van der Waals surface area contributed by atoms with Crippen LogP contribution in [0.5, 0.6) is 5.88 Å².